The lowest BCUT2D eigenvalue weighted by Gasteiger charge is -2.24. The Bertz CT molecular complexity index is 540. The van der Waals surface area contributed by atoms with E-state index in [2.05, 4.69) is 4.18 Å². The molecule has 0 heterocycles. The summed E-state index contributed by atoms with van der Waals surface area (Å²) in [6.45, 7) is 4.19. The summed E-state index contributed by atoms with van der Waals surface area (Å²) in [5.41, 5.74) is 0. The molecule has 0 spiro atoms. The van der Waals surface area contributed by atoms with Gasteiger partial charge in [-0.25, -0.2) is 18.2 Å². The van der Waals surface area contributed by atoms with E-state index in [0.29, 0.717) is 0 Å². The Kier molecular flexibility index (Phi) is 13.7. The van der Waals surface area contributed by atoms with Crippen LogP contribution in [0.5, 0.6) is 0 Å². The predicted octanol–water partition coefficient (Wildman–Crippen LogP) is 0.590. The maximum atomic E-state index is 11.9. The zero-order valence-corrected chi connectivity index (χ0v) is 17.3. The van der Waals surface area contributed by atoms with Crippen molar-refractivity contribution < 1.29 is 42.7 Å². The first-order valence-corrected chi connectivity index (χ1v) is 9.57. The molecule has 2 amide bonds. The first kappa shape index (κ1) is 25.8. The highest BCUT2D eigenvalue weighted by Crippen LogP contribution is 2.18. The van der Waals surface area contributed by atoms with Crippen molar-refractivity contribution in [2.24, 2.45) is 0 Å². The number of carbonyl (C=O) groups is 5. The van der Waals surface area contributed by atoms with Crippen LogP contribution in [0, 0.1) is 0 Å². The van der Waals surface area contributed by atoms with E-state index in [-0.39, 0.29) is 51.4 Å². The van der Waals surface area contributed by atoms with Crippen LogP contribution in [0.15, 0.2) is 0 Å². The molecule has 0 saturated heterocycles. The molecule has 0 bridgehead atoms. The van der Waals surface area contributed by atoms with Crippen LogP contribution < -0.4 is 4.72 Å². The number of hydrogen-bond donors (Lipinski definition) is 2. The summed E-state index contributed by atoms with van der Waals surface area (Å²) >= 11 is 1.02. The number of nitrogens with one attached hydrogen (secondary N) is 1. The van der Waals surface area contributed by atoms with Gasteiger partial charge in [-0.3, -0.25) is 19.1 Å². The zero-order chi connectivity index (χ0) is 21.5. The number of carboxylic acids is 1. The molecule has 0 rings (SSSR count). The lowest BCUT2D eigenvalue weighted by atomic mass is 10.4. The van der Waals surface area contributed by atoms with Gasteiger partial charge in [-0.2, -0.15) is 0 Å². The van der Waals surface area contributed by atoms with Gasteiger partial charge in [-0.05, 0) is 13.8 Å². The number of nitrogens with zero attached hydrogens (tertiary/aromatic N) is 2. The van der Waals surface area contributed by atoms with Crippen molar-refractivity contribution in [3.8, 4) is 0 Å². The fraction of sp³-hybridized carbons (Fsp3) is 0.643. The summed E-state index contributed by atoms with van der Waals surface area (Å²) in [5.74, 6) is -3.93. The largest absolute Gasteiger partial charge is 0.474 e. The third-order valence-corrected chi connectivity index (χ3v) is 4.16. The Morgan fingerprint density at radius 1 is 0.964 bits per heavy atom. The number of hydrogen-bond acceptors (Lipinski definition) is 11. The molecule has 0 aliphatic rings. The molecular formula is C14H23N3O9S2. The SMILES string of the molecule is CCOC(=O)CCN(CCC(=O)OCC)SN(C)C(=O)OSNC(=O)C(=O)O. The number of ether oxygens (including phenoxy) is 2. The quantitative estimate of drug-likeness (QED) is 0.189. The standard InChI is InChI=1S/C14H23N3O9S2/c1-4-24-10(18)6-8-17(9-7-11(19)25-5-2)28-16(3)14(23)26-27-15-12(20)13(21)22/h4-9H2,1-3H3,(H,15,20)(H,21,22). The molecule has 160 valence electrons. The van der Waals surface area contributed by atoms with E-state index in [0.717, 1.165) is 16.4 Å². The van der Waals surface area contributed by atoms with Crippen LogP contribution in [0.25, 0.3) is 0 Å². The number of carbonyl (C=O) groups excluding carboxylic acids is 4. The normalized spacial score (nSPS) is 10.1. The lowest BCUT2D eigenvalue weighted by molar-refractivity contribution is -0.149. The van der Waals surface area contributed by atoms with E-state index in [4.69, 9.17) is 14.6 Å². The molecular weight excluding hydrogens is 418 g/mol. The molecule has 0 aliphatic heterocycles. The van der Waals surface area contributed by atoms with Crippen molar-refractivity contribution in [2.45, 2.75) is 26.7 Å². The number of rotatable bonds is 12. The molecule has 0 atom stereocenters. The highest BCUT2D eigenvalue weighted by molar-refractivity contribution is 7.95. The molecule has 0 unspecified atom stereocenters. The molecule has 0 fully saturated rings. The van der Waals surface area contributed by atoms with Gasteiger partial charge < -0.3 is 18.8 Å². The fourth-order valence-corrected chi connectivity index (χ4v) is 2.72. The average molecular weight is 441 g/mol. The molecule has 14 heteroatoms. The highest BCUT2D eigenvalue weighted by atomic mass is 32.2. The van der Waals surface area contributed by atoms with Crippen LogP contribution in [-0.2, 0) is 32.8 Å². The Labute approximate surface area is 170 Å². The summed E-state index contributed by atoms with van der Waals surface area (Å²) in [7, 11) is 1.36. The van der Waals surface area contributed by atoms with Crippen LogP contribution in [0.4, 0.5) is 4.79 Å². The molecule has 0 radical (unpaired) electrons. The topological polar surface area (TPSA) is 152 Å². The molecule has 12 nitrogen and oxygen atoms in total. The summed E-state index contributed by atoms with van der Waals surface area (Å²) in [6.07, 6.45) is -0.829. The van der Waals surface area contributed by atoms with E-state index >= 15 is 0 Å². The molecule has 28 heavy (non-hydrogen) atoms. The molecule has 0 aromatic heterocycles. The molecule has 0 aromatic carbocycles. The Morgan fingerprint density at radius 2 is 1.46 bits per heavy atom. The summed E-state index contributed by atoms with van der Waals surface area (Å²) in [4.78, 5) is 56.1. The molecule has 2 N–H and O–H groups in total. The second kappa shape index (κ2) is 14.8. The zero-order valence-electron chi connectivity index (χ0n) is 15.7. The predicted molar refractivity (Wildman–Crippen MR) is 99.3 cm³/mol. The van der Waals surface area contributed by atoms with Gasteiger partial charge in [0.15, 0.2) is 12.2 Å². The summed E-state index contributed by atoms with van der Waals surface area (Å²) in [6, 6.07) is 0. The van der Waals surface area contributed by atoms with Crippen LogP contribution in [-0.4, -0.2) is 77.0 Å². The van der Waals surface area contributed by atoms with Crippen LogP contribution in [0.2, 0.25) is 0 Å². The monoisotopic (exact) mass is 441 g/mol. The van der Waals surface area contributed by atoms with Crippen LogP contribution in [0.3, 0.4) is 0 Å². The summed E-state index contributed by atoms with van der Waals surface area (Å²) in [5, 5.41) is 8.40. The van der Waals surface area contributed by atoms with Crippen molar-refractivity contribution in [1.29, 1.82) is 0 Å². The smallest absolute Gasteiger partial charge is 0.434 e. The van der Waals surface area contributed by atoms with Crippen LogP contribution in [0.1, 0.15) is 26.7 Å². The third kappa shape index (κ3) is 12.2. The van der Waals surface area contributed by atoms with E-state index in [1.807, 2.05) is 0 Å². The number of aliphatic carboxylic acids is 1. The van der Waals surface area contributed by atoms with Crippen molar-refractivity contribution in [1.82, 2.24) is 13.3 Å². The summed E-state index contributed by atoms with van der Waals surface area (Å²) < 4.78 is 18.7. The third-order valence-electron chi connectivity index (χ3n) is 2.68. The number of amides is 2. The second-order valence-electron chi connectivity index (χ2n) is 4.79. The number of carboxylic acid groups (broad SMARTS) is 1. The van der Waals surface area contributed by atoms with E-state index < -0.39 is 29.9 Å². The van der Waals surface area contributed by atoms with Crippen molar-refractivity contribution >= 4 is 54.3 Å². The van der Waals surface area contributed by atoms with Gasteiger partial charge in [0, 0.05) is 32.3 Å². The van der Waals surface area contributed by atoms with E-state index in [9.17, 15) is 24.0 Å². The van der Waals surface area contributed by atoms with Gasteiger partial charge >= 0.3 is 29.9 Å². The maximum absolute atomic E-state index is 11.9. The molecule has 0 saturated carbocycles. The molecule has 0 aliphatic carbocycles. The minimum Gasteiger partial charge on any atom is -0.474 e. The Hall–Kier alpha value is -2.19. The maximum Gasteiger partial charge on any atom is 0.434 e. The van der Waals surface area contributed by atoms with E-state index in [1.54, 1.807) is 22.9 Å². The minimum absolute atomic E-state index is 0.0377. The lowest BCUT2D eigenvalue weighted by Crippen LogP contribution is -2.31. The van der Waals surface area contributed by atoms with E-state index in [1.165, 1.54) is 7.05 Å². The van der Waals surface area contributed by atoms with Gasteiger partial charge in [0.2, 0.25) is 0 Å². The number of esters is 2. The highest BCUT2D eigenvalue weighted by Gasteiger charge is 2.20. The van der Waals surface area contributed by atoms with Gasteiger partial charge in [0.1, 0.15) is 0 Å². The van der Waals surface area contributed by atoms with Gasteiger partial charge in [0.05, 0.1) is 26.1 Å². The molecule has 0 aromatic rings. The Morgan fingerprint density at radius 3 is 1.89 bits per heavy atom. The first-order valence-electron chi connectivity index (χ1n) is 8.09. The minimum atomic E-state index is -1.73. The first-order chi connectivity index (χ1) is 13.2. The van der Waals surface area contributed by atoms with Crippen molar-refractivity contribution in [3.63, 3.8) is 0 Å². The van der Waals surface area contributed by atoms with Gasteiger partial charge in [0.25, 0.3) is 0 Å². The fourth-order valence-electron chi connectivity index (χ4n) is 1.49. The van der Waals surface area contributed by atoms with Gasteiger partial charge in [-0.15, -0.1) is 0 Å². The van der Waals surface area contributed by atoms with Crippen molar-refractivity contribution in [2.75, 3.05) is 33.4 Å². The average Bonchev–Trinajstić information content (AvgIpc) is 2.63. The van der Waals surface area contributed by atoms with Crippen molar-refractivity contribution in [3.05, 3.63) is 0 Å². The Balaban J connectivity index is 4.59. The van der Waals surface area contributed by atoms with Gasteiger partial charge in [-0.1, -0.05) is 0 Å². The van der Waals surface area contributed by atoms with Crippen LogP contribution >= 0.6 is 24.4 Å². The second-order valence-corrected chi connectivity index (χ2v) is 6.55.